The first kappa shape index (κ1) is 23.9. The number of nitrogens with one attached hydrogen (secondary N) is 2. The van der Waals surface area contributed by atoms with E-state index in [1.165, 1.54) is 6.92 Å². The van der Waals surface area contributed by atoms with E-state index in [4.69, 9.17) is 9.47 Å². The summed E-state index contributed by atoms with van der Waals surface area (Å²) in [6.07, 6.45) is -0.998. The highest BCUT2D eigenvalue weighted by Crippen LogP contribution is 2.22. The average Bonchev–Trinajstić information content (AvgIpc) is 2.73. The van der Waals surface area contributed by atoms with Crippen LogP contribution in [0.15, 0.2) is 48.5 Å². The second kappa shape index (κ2) is 10.6. The zero-order valence-electron chi connectivity index (χ0n) is 18.7. The molecule has 7 nitrogen and oxygen atoms in total. The Labute approximate surface area is 183 Å². The maximum absolute atomic E-state index is 12.2. The van der Waals surface area contributed by atoms with Crippen molar-refractivity contribution < 1.29 is 23.9 Å². The van der Waals surface area contributed by atoms with Crippen LogP contribution >= 0.6 is 0 Å². The van der Waals surface area contributed by atoms with Gasteiger partial charge in [-0.1, -0.05) is 32.9 Å². The van der Waals surface area contributed by atoms with E-state index >= 15 is 0 Å². The molecule has 0 heterocycles. The molecule has 2 N–H and O–H groups in total. The molecular formula is C24H30N2O5. The highest BCUT2D eigenvalue weighted by Gasteiger charge is 2.18. The molecular weight excluding hydrogens is 396 g/mol. The van der Waals surface area contributed by atoms with E-state index in [0.29, 0.717) is 17.0 Å². The normalized spacial score (nSPS) is 11.9. The fraction of sp³-hybridized carbons (Fsp3) is 0.375. The fourth-order valence-corrected chi connectivity index (χ4v) is 2.73. The van der Waals surface area contributed by atoms with E-state index in [9.17, 15) is 14.4 Å². The molecule has 2 amide bonds. The monoisotopic (exact) mass is 426 g/mol. The summed E-state index contributed by atoms with van der Waals surface area (Å²) < 4.78 is 10.2. The van der Waals surface area contributed by atoms with Crippen LogP contribution in [0, 0.1) is 0 Å². The van der Waals surface area contributed by atoms with Crippen molar-refractivity contribution in [3.05, 3.63) is 59.7 Å². The van der Waals surface area contributed by atoms with Crippen molar-refractivity contribution in [2.75, 3.05) is 19.0 Å². The topological polar surface area (TPSA) is 93.7 Å². The molecule has 0 aromatic heterocycles. The van der Waals surface area contributed by atoms with Gasteiger partial charge in [0.05, 0.1) is 13.5 Å². The number of ether oxygens (including phenoxy) is 2. The third kappa shape index (κ3) is 7.44. The van der Waals surface area contributed by atoms with E-state index in [-0.39, 0.29) is 24.3 Å². The first-order valence-corrected chi connectivity index (χ1v) is 10.1. The fourth-order valence-electron chi connectivity index (χ4n) is 2.73. The van der Waals surface area contributed by atoms with Gasteiger partial charge in [0, 0.05) is 17.8 Å². The Balaban J connectivity index is 1.75. The third-order valence-electron chi connectivity index (χ3n) is 4.66. The Hall–Kier alpha value is -3.35. The summed E-state index contributed by atoms with van der Waals surface area (Å²) in [5.41, 5.74) is 2.23. The molecule has 0 aliphatic heterocycles. The predicted molar refractivity (Wildman–Crippen MR) is 119 cm³/mol. The number of benzene rings is 2. The third-order valence-corrected chi connectivity index (χ3v) is 4.66. The van der Waals surface area contributed by atoms with Crippen LogP contribution in [0.1, 0.15) is 50.0 Å². The van der Waals surface area contributed by atoms with Crippen LogP contribution in [0.2, 0.25) is 0 Å². The molecule has 2 rings (SSSR count). The quantitative estimate of drug-likeness (QED) is 0.628. The number of esters is 1. The van der Waals surface area contributed by atoms with Gasteiger partial charge in [-0.05, 0) is 54.3 Å². The van der Waals surface area contributed by atoms with Gasteiger partial charge in [-0.2, -0.15) is 0 Å². The predicted octanol–water partition coefficient (Wildman–Crippen LogP) is 3.68. The van der Waals surface area contributed by atoms with E-state index in [1.54, 1.807) is 43.5 Å². The van der Waals surface area contributed by atoms with Crippen molar-refractivity contribution in [3.8, 4) is 5.75 Å². The molecule has 0 bridgehead atoms. The standard InChI is InChI=1S/C24H30N2O5/c1-16(22(28)26-19-10-12-20(30-5)13-11-19)31-21(27)14-15-25-23(29)17-6-8-18(9-7-17)24(2,3)4/h6-13,16H,14-15H2,1-5H3,(H,25,29)(H,26,28)/t16-/m0/s1. The molecule has 166 valence electrons. The van der Waals surface area contributed by atoms with Crippen molar-refractivity contribution >= 4 is 23.5 Å². The van der Waals surface area contributed by atoms with Crippen molar-refractivity contribution in [1.29, 1.82) is 0 Å². The minimum atomic E-state index is -0.963. The molecule has 7 heteroatoms. The van der Waals surface area contributed by atoms with Gasteiger partial charge in [0.1, 0.15) is 5.75 Å². The van der Waals surface area contributed by atoms with Crippen molar-refractivity contribution in [3.63, 3.8) is 0 Å². The van der Waals surface area contributed by atoms with Gasteiger partial charge in [0.15, 0.2) is 6.10 Å². The maximum Gasteiger partial charge on any atom is 0.308 e. The Morgan fingerprint density at radius 1 is 0.968 bits per heavy atom. The van der Waals surface area contributed by atoms with Gasteiger partial charge in [-0.3, -0.25) is 14.4 Å². The highest BCUT2D eigenvalue weighted by atomic mass is 16.5. The molecule has 0 spiro atoms. The number of rotatable bonds is 8. The molecule has 2 aromatic rings. The first-order chi connectivity index (χ1) is 14.6. The molecule has 1 atom stereocenters. The minimum absolute atomic E-state index is 0.00905. The SMILES string of the molecule is COc1ccc(NC(=O)[C@H](C)OC(=O)CCNC(=O)c2ccc(C(C)(C)C)cc2)cc1. The summed E-state index contributed by atoms with van der Waals surface area (Å²) in [6, 6.07) is 14.2. The zero-order chi connectivity index (χ0) is 23.0. The minimum Gasteiger partial charge on any atom is -0.497 e. The summed E-state index contributed by atoms with van der Waals surface area (Å²) in [5, 5.41) is 5.36. The maximum atomic E-state index is 12.2. The van der Waals surface area contributed by atoms with E-state index in [2.05, 4.69) is 31.4 Å². The molecule has 0 saturated carbocycles. The lowest BCUT2D eigenvalue weighted by atomic mass is 9.87. The van der Waals surface area contributed by atoms with Crippen LogP contribution in [0.25, 0.3) is 0 Å². The summed E-state index contributed by atoms with van der Waals surface area (Å²) in [4.78, 5) is 36.4. The first-order valence-electron chi connectivity index (χ1n) is 10.1. The van der Waals surface area contributed by atoms with Gasteiger partial charge >= 0.3 is 5.97 Å². The van der Waals surface area contributed by atoms with Gasteiger partial charge < -0.3 is 20.1 Å². The Morgan fingerprint density at radius 2 is 1.58 bits per heavy atom. The van der Waals surface area contributed by atoms with Crippen molar-refractivity contribution in [2.24, 2.45) is 0 Å². The number of methoxy groups -OCH3 is 1. The number of hydrogen-bond donors (Lipinski definition) is 2. The van der Waals surface area contributed by atoms with Gasteiger partial charge in [-0.25, -0.2) is 0 Å². The number of carbonyl (C=O) groups excluding carboxylic acids is 3. The van der Waals surface area contributed by atoms with Crippen LogP contribution in [-0.2, 0) is 19.7 Å². The summed E-state index contributed by atoms with van der Waals surface area (Å²) in [5.74, 6) is -0.606. The van der Waals surface area contributed by atoms with Crippen molar-refractivity contribution in [2.45, 2.75) is 45.6 Å². The van der Waals surface area contributed by atoms with Crippen molar-refractivity contribution in [1.82, 2.24) is 5.32 Å². The van der Waals surface area contributed by atoms with Crippen LogP contribution in [0.5, 0.6) is 5.75 Å². The largest absolute Gasteiger partial charge is 0.497 e. The number of amides is 2. The summed E-state index contributed by atoms with van der Waals surface area (Å²) in [7, 11) is 1.56. The lowest BCUT2D eigenvalue weighted by Crippen LogP contribution is -2.32. The second-order valence-electron chi connectivity index (χ2n) is 8.18. The summed E-state index contributed by atoms with van der Waals surface area (Å²) >= 11 is 0. The molecule has 0 unspecified atom stereocenters. The van der Waals surface area contributed by atoms with E-state index in [0.717, 1.165) is 5.56 Å². The molecule has 2 aromatic carbocycles. The smallest absolute Gasteiger partial charge is 0.308 e. The highest BCUT2D eigenvalue weighted by molar-refractivity contribution is 5.95. The Bertz CT molecular complexity index is 899. The van der Waals surface area contributed by atoms with Crippen LogP contribution in [0.3, 0.4) is 0 Å². The molecule has 0 aliphatic carbocycles. The van der Waals surface area contributed by atoms with Gasteiger partial charge in [-0.15, -0.1) is 0 Å². The number of anilines is 1. The Kier molecular flexibility index (Phi) is 8.19. The Morgan fingerprint density at radius 3 is 2.13 bits per heavy atom. The second-order valence-corrected chi connectivity index (χ2v) is 8.18. The average molecular weight is 427 g/mol. The van der Waals surface area contributed by atoms with Crippen LogP contribution in [0.4, 0.5) is 5.69 Å². The molecule has 0 radical (unpaired) electrons. The molecule has 31 heavy (non-hydrogen) atoms. The van der Waals surface area contributed by atoms with E-state index < -0.39 is 18.0 Å². The zero-order valence-corrected chi connectivity index (χ0v) is 18.7. The lowest BCUT2D eigenvalue weighted by molar-refractivity contribution is -0.153. The van der Waals surface area contributed by atoms with Gasteiger partial charge in [0.2, 0.25) is 0 Å². The lowest BCUT2D eigenvalue weighted by Gasteiger charge is -2.19. The van der Waals surface area contributed by atoms with Crippen LogP contribution < -0.4 is 15.4 Å². The number of carbonyl (C=O) groups is 3. The molecule has 0 aliphatic rings. The molecule has 0 fully saturated rings. The van der Waals surface area contributed by atoms with Crippen LogP contribution in [-0.4, -0.2) is 37.5 Å². The van der Waals surface area contributed by atoms with E-state index in [1.807, 2.05) is 12.1 Å². The number of hydrogen-bond acceptors (Lipinski definition) is 5. The summed E-state index contributed by atoms with van der Waals surface area (Å²) in [6.45, 7) is 7.92. The van der Waals surface area contributed by atoms with Gasteiger partial charge in [0.25, 0.3) is 11.8 Å². The molecule has 0 saturated heterocycles.